The summed E-state index contributed by atoms with van der Waals surface area (Å²) in [7, 11) is 0. The quantitative estimate of drug-likeness (QED) is 0.594. The second kappa shape index (κ2) is 3.47. The van der Waals surface area contributed by atoms with Gasteiger partial charge in [-0.2, -0.15) is 0 Å². The van der Waals surface area contributed by atoms with E-state index in [2.05, 4.69) is 10.9 Å². The van der Waals surface area contributed by atoms with Crippen LogP contribution in [-0.2, 0) is 0 Å². The topological polar surface area (TPSA) is 44.4 Å². The van der Waals surface area contributed by atoms with Gasteiger partial charge < -0.3 is 4.90 Å². The van der Waals surface area contributed by atoms with Gasteiger partial charge in [-0.1, -0.05) is 0 Å². The lowest BCUT2D eigenvalue weighted by Crippen LogP contribution is -2.56. The summed E-state index contributed by atoms with van der Waals surface area (Å²) < 4.78 is 23.5. The summed E-state index contributed by atoms with van der Waals surface area (Å²) in [4.78, 5) is 11.8. The molecular weight excluding hydrogens is 156 g/mol. The summed E-state index contributed by atoms with van der Waals surface area (Å²) >= 11 is 0. The molecule has 2 N–H and O–H groups in total. The first-order valence-electron chi connectivity index (χ1n) is 3.26. The molecule has 0 aromatic carbocycles. The maximum absolute atomic E-state index is 11.8. The van der Waals surface area contributed by atoms with Crippen LogP contribution in [0, 0.1) is 0 Å². The predicted molar refractivity (Wildman–Crippen MR) is 34.1 cm³/mol. The minimum Gasteiger partial charge on any atom is -0.317 e. The standard InChI is InChI=1S/C5H9F2N3O/c6-4(7)3-10-2-1-8-9-5(10)11/h4,8H,1-3H2,(H,9,11). The molecule has 0 radical (unpaired) electrons. The maximum atomic E-state index is 11.8. The van der Waals surface area contributed by atoms with Gasteiger partial charge in [0.05, 0.1) is 6.54 Å². The van der Waals surface area contributed by atoms with Crippen molar-refractivity contribution in [3.05, 3.63) is 0 Å². The highest BCUT2D eigenvalue weighted by molar-refractivity contribution is 5.74. The molecule has 2 amide bonds. The zero-order valence-corrected chi connectivity index (χ0v) is 5.81. The van der Waals surface area contributed by atoms with Crippen molar-refractivity contribution in [2.75, 3.05) is 19.6 Å². The third kappa shape index (κ3) is 2.30. The van der Waals surface area contributed by atoms with E-state index in [-0.39, 0.29) is 0 Å². The largest absolute Gasteiger partial charge is 0.331 e. The minimum atomic E-state index is -2.46. The number of halogens is 2. The number of urea groups is 1. The molecule has 1 rings (SSSR count). The molecule has 4 nitrogen and oxygen atoms in total. The first kappa shape index (κ1) is 8.19. The molecule has 64 valence electrons. The van der Waals surface area contributed by atoms with Gasteiger partial charge in [0, 0.05) is 13.1 Å². The van der Waals surface area contributed by atoms with Crippen molar-refractivity contribution in [3.8, 4) is 0 Å². The first-order chi connectivity index (χ1) is 5.20. The zero-order valence-electron chi connectivity index (χ0n) is 5.81. The number of carbonyl (C=O) groups is 1. The van der Waals surface area contributed by atoms with Crippen molar-refractivity contribution >= 4 is 6.03 Å². The highest BCUT2D eigenvalue weighted by Crippen LogP contribution is 1.99. The van der Waals surface area contributed by atoms with Crippen LogP contribution >= 0.6 is 0 Å². The lowest BCUT2D eigenvalue weighted by Gasteiger charge is -2.27. The first-order valence-corrected chi connectivity index (χ1v) is 3.26. The Kier molecular flexibility index (Phi) is 2.58. The van der Waals surface area contributed by atoms with Crippen molar-refractivity contribution in [2.24, 2.45) is 0 Å². The van der Waals surface area contributed by atoms with E-state index in [4.69, 9.17) is 0 Å². The van der Waals surface area contributed by atoms with Crippen LogP contribution in [0.5, 0.6) is 0 Å². The van der Waals surface area contributed by atoms with Gasteiger partial charge in [-0.3, -0.25) is 5.43 Å². The molecule has 11 heavy (non-hydrogen) atoms. The Labute approximate surface area is 62.5 Å². The average molecular weight is 165 g/mol. The van der Waals surface area contributed by atoms with Crippen LogP contribution in [0.3, 0.4) is 0 Å². The van der Waals surface area contributed by atoms with E-state index in [9.17, 15) is 13.6 Å². The molecular formula is C5H9F2N3O. The molecule has 6 heteroatoms. The summed E-state index contributed by atoms with van der Waals surface area (Å²) in [5.41, 5.74) is 4.79. The van der Waals surface area contributed by atoms with E-state index in [1.54, 1.807) is 0 Å². The molecule has 1 aliphatic rings. The number of amides is 2. The number of alkyl halides is 2. The van der Waals surface area contributed by atoms with Crippen LogP contribution < -0.4 is 10.9 Å². The molecule has 0 aromatic rings. The van der Waals surface area contributed by atoms with E-state index >= 15 is 0 Å². The second-order valence-corrected chi connectivity index (χ2v) is 2.19. The lowest BCUT2D eigenvalue weighted by molar-refractivity contribution is 0.0908. The van der Waals surface area contributed by atoms with Crippen LogP contribution in [0.1, 0.15) is 0 Å². The van der Waals surface area contributed by atoms with Crippen LogP contribution in [-0.4, -0.2) is 37.0 Å². The highest BCUT2D eigenvalue weighted by Gasteiger charge is 2.20. The highest BCUT2D eigenvalue weighted by atomic mass is 19.3. The summed E-state index contributed by atoms with van der Waals surface area (Å²) in [5.74, 6) is 0. The Morgan fingerprint density at radius 3 is 2.91 bits per heavy atom. The summed E-state index contributed by atoms with van der Waals surface area (Å²) in [6, 6.07) is -0.489. The lowest BCUT2D eigenvalue weighted by atomic mass is 10.4. The third-order valence-corrected chi connectivity index (χ3v) is 1.35. The molecule has 0 aliphatic carbocycles. The molecule has 0 atom stereocenters. The third-order valence-electron chi connectivity index (χ3n) is 1.35. The number of nitrogens with zero attached hydrogens (tertiary/aromatic N) is 1. The average Bonchev–Trinajstić information content (AvgIpc) is 1.93. The number of hydrazine groups is 1. The monoisotopic (exact) mass is 165 g/mol. The van der Waals surface area contributed by atoms with Crippen LogP contribution in [0.4, 0.5) is 13.6 Å². The Morgan fingerprint density at radius 1 is 1.64 bits per heavy atom. The molecule has 1 fully saturated rings. The summed E-state index contributed by atoms with van der Waals surface area (Å²) in [5, 5.41) is 0. The minimum absolute atomic E-state index is 0.330. The Hall–Kier alpha value is -0.910. The van der Waals surface area contributed by atoms with E-state index in [0.717, 1.165) is 4.90 Å². The van der Waals surface area contributed by atoms with Gasteiger partial charge >= 0.3 is 6.03 Å². The second-order valence-electron chi connectivity index (χ2n) is 2.19. The number of rotatable bonds is 2. The normalized spacial score (nSPS) is 18.8. The van der Waals surface area contributed by atoms with Crippen LogP contribution in [0.2, 0.25) is 0 Å². The fourth-order valence-corrected chi connectivity index (χ4v) is 0.850. The SMILES string of the molecule is O=C1NNCCN1CC(F)F. The van der Waals surface area contributed by atoms with Gasteiger partial charge in [-0.25, -0.2) is 19.0 Å². The zero-order chi connectivity index (χ0) is 8.27. The number of carbonyl (C=O) groups excluding carboxylic acids is 1. The molecule has 1 heterocycles. The number of nitrogens with one attached hydrogen (secondary N) is 2. The Balaban J connectivity index is 2.36. The fourth-order valence-electron chi connectivity index (χ4n) is 0.850. The molecule has 0 bridgehead atoms. The van der Waals surface area contributed by atoms with Crippen molar-refractivity contribution < 1.29 is 13.6 Å². The summed E-state index contributed by atoms with van der Waals surface area (Å²) in [6.45, 7) is 0.335. The van der Waals surface area contributed by atoms with Crippen molar-refractivity contribution in [1.29, 1.82) is 0 Å². The van der Waals surface area contributed by atoms with Crippen LogP contribution in [0.25, 0.3) is 0 Å². The summed E-state index contributed by atoms with van der Waals surface area (Å²) in [6.07, 6.45) is -2.46. The molecule has 0 saturated carbocycles. The van der Waals surface area contributed by atoms with E-state index in [0.29, 0.717) is 13.1 Å². The fraction of sp³-hybridized carbons (Fsp3) is 0.800. The van der Waals surface area contributed by atoms with Crippen molar-refractivity contribution in [2.45, 2.75) is 6.43 Å². The number of hydrogen-bond donors (Lipinski definition) is 2. The van der Waals surface area contributed by atoms with Gasteiger partial charge in [0.2, 0.25) is 0 Å². The van der Waals surface area contributed by atoms with Gasteiger partial charge in [0.25, 0.3) is 6.43 Å². The Bertz CT molecular complexity index is 153. The molecule has 0 aromatic heterocycles. The van der Waals surface area contributed by atoms with Crippen LogP contribution in [0.15, 0.2) is 0 Å². The van der Waals surface area contributed by atoms with Crippen molar-refractivity contribution in [3.63, 3.8) is 0 Å². The van der Waals surface area contributed by atoms with E-state index < -0.39 is 19.0 Å². The van der Waals surface area contributed by atoms with Crippen molar-refractivity contribution in [1.82, 2.24) is 15.8 Å². The predicted octanol–water partition coefficient (Wildman–Crippen LogP) is -0.219. The van der Waals surface area contributed by atoms with Gasteiger partial charge in [-0.15, -0.1) is 0 Å². The smallest absolute Gasteiger partial charge is 0.317 e. The van der Waals surface area contributed by atoms with Gasteiger partial charge in [-0.05, 0) is 0 Å². The molecule has 1 saturated heterocycles. The van der Waals surface area contributed by atoms with Gasteiger partial charge in [0.15, 0.2) is 0 Å². The Morgan fingerprint density at radius 2 is 2.36 bits per heavy atom. The van der Waals surface area contributed by atoms with E-state index in [1.807, 2.05) is 0 Å². The van der Waals surface area contributed by atoms with E-state index in [1.165, 1.54) is 0 Å². The molecule has 1 aliphatic heterocycles. The number of hydrogen-bond acceptors (Lipinski definition) is 2. The molecule has 0 spiro atoms. The molecule has 0 unspecified atom stereocenters. The maximum Gasteiger partial charge on any atom is 0.331 e. The van der Waals surface area contributed by atoms with Gasteiger partial charge in [0.1, 0.15) is 0 Å².